The largest absolute Gasteiger partial charge is 0.295 e. The number of hydroxylamine groups is 2. The van der Waals surface area contributed by atoms with Crippen LogP contribution in [0.2, 0.25) is 0 Å². The van der Waals surface area contributed by atoms with E-state index in [4.69, 9.17) is 4.84 Å². The van der Waals surface area contributed by atoms with E-state index in [0.29, 0.717) is 6.10 Å². The van der Waals surface area contributed by atoms with Crippen molar-refractivity contribution < 1.29 is 4.84 Å². The van der Waals surface area contributed by atoms with Crippen molar-refractivity contribution in [3.63, 3.8) is 0 Å². The molecule has 0 N–H and O–H groups in total. The maximum atomic E-state index is 5.91. The highest BCUT2D eigenvalue weighted by Gasteiger charge is 2.33. The van der Waals surface area contributed by atoms with Crippen molar-refractivity contribution in [2.45, 2.75) is 31.9 Å². The molecule has 1 heterocycles. The van der Waals surface area contributed by atoms with E-state index in [1.807, 2.05) is 0 Å². The first-order chi connectivity index (χ1) is 7.40. The van der Waals surface area contributed by atoms with Crippen LogP contribution in [0.1, 0.15) is 24.8 Å². The van der Waals surface area contributed by atoms with Crippen molar-refractivity contribution in [3.05, 3.63) is 35.9 Å². The number of benzene rings is 1. The molecule has 1 saturated carbocycles. The summed E-state index contributed by atoms with van der Waals surface area (Å²) in [7, 11) is 0. The lowest BCUT2D eigenvalue weighted by Crippen LogP contribution is -2.35. The summed E-state index contributed by atoms with van der Waals surface area (Å²) in [6, 6.07) is 10.6. The normalized spacial score (nSPS) is 30.7. The minimum absolute atomic E-state index is 0.507. The van der Waals surface area contributed by atoms with Crippen LogP contribution in [0.5, 0.6) is 0 Å². The lowest BCUT2D eigenvalue weighted by Gasteiger charge is -2.31. The minimum Gasteiger partial charge on any atom is -0.295 e. The van der Waals surface area contributed by atoms with E-state index in [0.717, 1.165) is 19.0 Å². The minimum atomic E-state index is 0.507. The fourth-order valence-corrected chi connectivity index (χ4v) is 2.72. The average molecular weight is 203 g/mol. The summed E-state index contributed by atoms with van der Waals surface area (Å²) in [5.41, 5.74) is 1.35. The molecule has 15 heavy (non-hydrogen) atoms. The third kappa shape index (κ3) is 2.06. The van der Waals surface area contributed by atoms with Gasteiger partial charge in [0, 0.05) is 13.1 Å². The summed E-state index contributed by atoms with van der Waals surface area (Å²) >= 11 is 0. The van der Waals surface area contributed by atoms with Gasteiger partial charge < -0.3 is 0 Å². The van der Waals surface area contributed by atoms with Crippen LogP contribution in [-0.2, 0) is 11.4 Å². The number of hydrogen-bond acceptors (Lipinski definition) is 2. The van der Waals surface area contributed by atoms with E-state index in [9.17, 15) is 0 Å². The predicted octanol–water partition coefficient (Wildman–Crippen LogP) is 2.60. The smallest absolute Gasteiger partial charge is 0.0796 e. The standard InChI is InChI=1S/C13H17NO/c1-2-4-11(5-3-1)9-14-10-12-6-7-13(8-12)15-14/h1-5,12-13H,6-10H2. The van der Waals surface area contributed by atoms with Gasteiger partial charge in [-0.05, 0) is 30.7 Å². The molecule has 1 aliphatic heterocycles. The summed E-state index contributed by atoms with van der Waals surface area (Å²) in [6.07, 6.45) is 4.41. The third-order valence-corrected chi connectivity index (χ3v) is 3.45. The van der Waals surface area contributed by atoms with Crippen LogP contribution in [0.4, 0.5) is 0 Å². The lowest BCUT2D eigenvalue weighted by atomic mass is 10.1. The molecule has 0 amide bonds. The molecule has 1 saturated heterocycles. The molecule has 2 atom stereocenters. The van der Waals surface area contributed by atoms with Crippen LogP contribution in [0.3, 0.4) is 0 Å². The van der Waals surface area contributed by atoms with E-state index >= 15 is 0 Å². The van der Waals surface area contributed by atoms with E-state index in [1.165, 1.54) is 24.8 Å². The first kappa shape index (κ1) is 9.37. The Kier molecular flexibility index (Phi) is 2.47. The molecule has 1 aliphatic carbocycles. The second-order valence-electron chi connectivity index (χ2n) is 4.71. The fourth-order valence-electron chi connectivity index (χ4n) is 2.72. The third-order valence-electron chi connectivity index (χ3n) is 3.45. The molecule has 2 bridgehead atoms. The summed E-state index contributed by atoms with van der Waals surface area (Å²) in [6.45, 7) is 2.05. The second-order valence-corrected chi connectivity index (χ2v) is 4.71. The molecule has 2 fully saturated rings. The second kappa shape index (κ2) is 3.95. The molecule has 1 aromatic rings. The molecule has 3 rings (SSSR count). The zero-order valence-corrected chi connectivity index (χ0v) is 8.93. The van der Waals surface area contributed by atoms with Gasteiger partial charge in [-0.15, -0.1) is 0 Å². The first-order valence-corrected chi connectivity index (χ1v) is 5.86. The average Bonchev–Trinajstić information content (AvgIpc) is 2.60. The summed E-state index contributed by atoms with van der Waals surface area (Å²) in [4.78, 5) is 5.91. The van der Waals surface area contributed by atoms with E-state index < -0.39 is 0 Å². The highest BCUT2D eigenvalue weighted by Crippen LogP contribution is 2.34. The van der Waals surface area contributed by atoms with Gasteiger partial charge in [-0.3, -0.25) is 4.84 Å². The van der Waals surface area contributed by atoms with Crippen LogP contribution in [-0.4, -0.2) is 17.7 Å². The van der Waals surface area contributed by atoms with E-state index in [-0.39, 0.29) is 0 Å². The summed E-state index contributed by atoms with van der Waals surface area (Å²) in [5.74, 6) is 0.882. The lowest BCUT2D eigenvalue weighted by molar-refractivity contribution is -0.224. The van der Waals surface area contributed by atoms with Crippen LogP contribution in [0.15, 0.2) is 30.3 Å². The van der Waals surface area contributed by atoms with Gasteiger partial charge in [0.2, 0.25) is 0 Å². The molecule has 2 unspecified atom stereocenters. The van der Waals surface area contributed by atoms with Crippen LogP contribution >= 0.6 is 0 Å². The molecule has 0 spiro atoms. The number of rotatable bonds is 2. The van der Waals surface area contributed by atoms with Crippen LogP contribution in [0, 0.1) is 5.92 Å². The van der Waals surface area contributed by atoms with Crippen LogP contribution < -0.4 is 0 Å². The van der Waals surface area contributed by atoms with Gasteiger partial charge in [-0.2, -0.15) is 5.06 Å². The van der Waals surface area contributed by atoms with Crippen LogP contribution in [0.25, 0.3) is 0 Å². The van der Waals surface area contributed by atoms with Crippen molar-refractivity contribution in [2.24, 2.45) is 5.92 Å². The molecule has 0 radical (unpaired) electrons. The number of nitrogens with zero attached hydrogens (tertiary/aromatic N) is 1. The Balaban J connectivity index is 1.65. The van der Waals surface area contributed by atoms with Crippen molar-refractivity contribution in [2.75, 3.05) is 6.54 Å². The Labute approximate surface area is 90.8 Å². The summed E-state index contributed by atoms with van der Waals surface area (Å²) < 4.78 is 0. The quantitative estimate of drug-likeness (QED) is 0.732. The van der Waals surface area contributed by atoms with Gasteiger partial charge in [0.05, 0.1) is 6.10 Å². The maximum Gasteiger partial charge on any atom is 0.0796 e. The number of hydrogen-bond donors (Lipinski definition) is 0. The van der Waals surface area contributed by atoms with Crippen molar-refractivity contribution in [1.82, 2.24) is 5.06 Å². The number of fused-ring (bicyclic) bond motifs is 2. The predicted molar refractivity (Wildman–Crippen MR) is 59.1 cm³/mol. The van der Waals surface area contributed by atoms with E-state index in [2.05, 4.69) is 35.4 Å². The van der Waals surface area contributed by atoms with Gasteiger partial charge in [-0.25, -0.2) is 0 Å². The fraction of sp³-hybridized carbons (Fsp3) is 0.538. The zero-order valence-electron chi connectivity index (χ0n) is 8.93. The van der Waals surface area contributed by atoms with Crippen molar-refractivity contribution >= 4 is 0 Å². The molecule has 80 valence electrons. The topological polar surface area (TPSA) is 12.5 Å². The van der Waals surface area contributed by atoms with Crippen molar-refractivity contribution in [1.29, 1.82) is 0 Å². The molecule has 2 aliphatic rings. The molecular weight excluding hydrogens is 186 g/mol. The molecule has 2 nitrogen and oxygen atoms in total. The molecular formula is C13H17NO. The van der Waals surface area contributed by atoms with Gasteiger partial charge in [0.1, 0.15) is 0 Å². The Morgan fingerprint density at radius 1 is 1.20 bits per heavy atom. The first-order valence-electron chi connectivity index (χ1n) is 5.86. The highest BCUT2D eigenvalue weighted by molar-refractivity contribution is 5.14. The van der Waals surface area contributed by atoms with Gasteiger partial charge in [0.15, 0.2) is 0 Å². The highest BCUT2D eigenvalue weighted by atomic mass is 16.7. The Bertz CT molecular complexity index is 313. The monoisotopic (exact) mass is 203 g/mol. The zero-order chi connectivity index (χ0) is 10.1. The molecule has 1 aromatic carbocycles. The van der Waals surface area contributed by atoms with Gasteiger partial charge in [0.25, 0.3) is 0 Å². The Morgan fingerprint density at radius 3 is 2.87 bits per heavy atom. The SMILES string of the molecule is c1ccc(CN2CC3CCC(C3)O2)cc1. The molecule has 2 heteroatoms. The van der Waals surface area contributed by atoms with Crippen molar-refractivity contribution in [3.8, 4) is 0 Å². The maximum absolute atomic E-state index is 5.91. The Morgan fingerprint density at radius 2 is 2.07 bits per heavy atom. The Hall–Kier alpha value is -0.860. The molecule has 0 aromatic heterocycles. The van der Waals surface area contributed by atoms with Gasteiger partial charge in [-0.1, -0.05) is 30.3 Å². The van der Waals surface area contributed by atoms with Gasteiger partial charge >= 0.3 is 0 Å². The summed E-state index contributed by atoms with van der Waals surface area (Å²) in [5, 5.41) is 2.15. The van der Waals surface area contributed by atoms with E-state index in [1.54, 1.807) is 0 Å².